The molecule has 7 nitrogen and oxygen atoms in total. The van der Waals surface area contributed by atoms with Gasteiger partial charge in [0.15, 0.2) is 0 Å². The summed E-state index contributed by atoms with van der Waals surface area (Å²) in [6.45, 7) is 7.36. The SMILES string of the molecule is CCOC(=O)c1ccc(N2CCCN(c3ccc(C)c(C#N)n3)CC2)nc1. The van der Waals surface area contributed by atoms with Crippen LogP contribution < -0.4 is 9.80 Å². The van der Waals surface area contributed by atoms with Crippen LogP contribution in [-0.2, 0) is 4.74 Å². The minimum absolute atomic E-state index is 0.350. The van der Waals surface area contributed by atoms with Crippen molar-refractivity contribution in [2.45, 2.75) is 20.3 Å². The Kier molecular flexibility index (Phi) is 5.87. The van der Waals surface area contributed by atoms with Gasteiger partial charge in [-0.1, -0.05) is 6.07 Å². The lowest BCUT2D eigenvalue weighted by Crippen LogP contribution is -2.31. The predicted molar refractivity (Wildman–Crippen MR) is 103 cm³/mol. The number of carbonyl (C=O) groups is 1. The first-order valence-electron chi connectivity index (χ1n) is 9.13. The molecule has 0 unspecified atom stereocenters. The van der Waals surface area contributed by atoms with Crippen molar-refractivity contribution in [2.75, 3.05) is 42.6 Å². The molecule has 0 aromatic carbocycles. The van der Waals surface area contributed by atoms with Gasteiger partial charge in [0, 0.05) is 32.4 Å². The molecule has 1 aliphatic heterocycles. The summed E-state index contributed by atoms with van der Waals surface area (Å²) in [5, 5.41) is 9.20. The molecule has 1 fully saturated rings. The zero-order valence-corrected chi connectivity index (χ0v) is 15.7. The first-order valence-corrected chi connectivity index (χ1v) is 9.13. The quantitative estimate of drug-likeness (QED) is 0.770. The van der Waals surface area contributed by atoms with Crippen molar-refractivity contribution in [1.29, 1.82) is 5.26 Å². The number of ether oxygens (including phenoxy) is 1. The number of hydrogen-bond donors (Lipinski definition) is 0. The number of hydrogen-bond acceptors (Lipinski definition) is 7. The van der Waals surface area contributed by atoms with Gasteiger partial charge >= 0.3 is 5.97 Å². The largest absolute Gasteiger partial charge is 0.462 e. The van der Waals surface area contributed by atoms with E-state index in [2.05, 4.69) is 25.8 Å². The van der Waals surface area contributed by atoms with Crippen LogP contribution in [0.1, 0.15) is 35.0 Å². The molecule has 27 heavy (non-hydrogen) atoms. The van der Waals surface area contributed by atoms with Gasteiger partial charge in [0.1, 0.15) is 23.4 Å². The average molecular weight is 365 g/mol. The minimum atomic E-state index is -0.350. The summed E-state index contributed by atoms with van der Waals surface area (Å²) < 4.78 is 4.99. The van der Waals surface area contributed by atoms with Crippen molar-refractivity contribution in [2.24, 2.45) is 0 Å². The van der Waals surface area contributed by atoms with Gasteiger partial charge in [0.2, 0.25) is 0 Å². The van der Waals surface area contributed by atoms with Crippen LogP contribution >= 0.6 is 0 Å². The van der Waals surface area contributed by atoms with Gasteiger partial charge < -0.3 is 14.5 Å². The van der Waals surface area contributed by atoms with E-state index in [9.17, 15) is 10.1 Å². The Bertz CT molecular complexity index is 844. The molecule has 0 saturated carbocycles. The van der Waals surface area contributed by atoms with Gasteiger partial charge in [-0.2, -0.15) is 5.26 Å². The highest BCUT2D eigenvalue weighted by atomic mass is 16.5. The third kappa shape index (κ3) is 4.34. The minimum Gasteiger partial charge on any atom is -0.462 e. The maximum Gasteiger partial charge on any atom is 0.339 e. The van der Waals surface area contributed by atoms with E-state index >= 15 is 0 Å². The van der Waals surface area contributed by atoms with E-state index in [1.54, 1.807) is 19.2 Å². The maximum atomic E-state index is 11.8. The molecule has 140 valence electrons. The molecule has 0 radical (unpaired) electrons. The van der Waals surface area contributed by atoms with Crippen LogP contribution in [0.15, 0.2) is 30.5 Å². The smallest absolute Gasteiger partial charge is 0.339 e. The molecular formula is C20H23N5O2. The van der Waals surface area contributed by atoms with Crippen molar-refractivity contribution in [3.8, 4) is 6.07 Å². The Balaban J connectivity index is 1.68. The molecule has 0 atom stereocenters. The number of esters is 1. The molecule has 0 amide bonds. The molecule has 3 rings (SSSR count). The Labute approximate surface area is 159 Å². The lowest BCUT2D eigenvalue weighted by molar-refractivity contribution is 0.0526. The Morgan fingerprint density at radius 1 is 1.15 bits per heavy atom. The summed E-state index contributed by atoms with van der Waals surface area (Å²) in [5.74, 6) is 1.33. The van der Waals surface area contributed by atoms with Crippen LogP contribution in [0.2, 0.25) is 0 Å². The van der Waals surface area contributed by atoms with Crippen molar-refractivity contribution in [3.63, 3.8) is 0 Å². The van der Waals surface area contributed by atoms with E-state index in [1.165, 1.54) is 0 Å². The number of rotatable bonds is 4. The molecule has 2 aromatic heterocycles. The zero-order valence-electron chi connectivity index (χ0n) is 15.7. The number of anilines is 2. The molecule has 2 aromatic rings. The molecule has 1 saturated heterocycles. The van der Waals surface area contributed by atoms with Crippen molar-refractivity contribution in [1.82, 2.24) is 9.97 Å². The average Bonchev–Trinajstić information content (AvgIpc) is 2.95. The monoisotopic (exact) mass is 365 g/mol. The van der Waals surface area contributed by atoms with E-state index in [4.69, 9.17) is 4.74 Å². The summed E-state index contributed by atoms with van der Waals surface area (Å²) in [5.41, 5.74) is 1.83. The van der Waals surface area contributed by atoms with Gasteiger partial charge in [-0.3, -0.25) is 0 Å². The van der Waals surface area contributed by atoms with Gasteiger partial charge in [-0.25, -0.2) is 14.8 Å². The summed E-state index contributed by atoms with van der Waals surface area (Å²) in [7, 11) is 0. The number of nitriles is 1. The third-order valence-electron chi connectivity index (χ3n) is 4.59. The number of aryl methyl sites for hydroxylation is 1. The first kappa shape index (κ1) is 18.6. The predicted octanol–water partition coefficient (Wildman–Crippen LogP) is 2.55. The maximum absolute atomic E-state index is 11.8. The van der Waals surface area contributed by atoms with Gasteiger partial charge in [0.25, 0.3) is 0 Å². The van der Waals surface area contributed by atoms with Gasteiger partial charge in [0.05, 0.1) is 12.2 Å². The summed E-state index contributed by atoms with van der Waals surface area (Å²) >= 11 is 0. The lowest BCUT2D eigenvalue weighted by atomic mass is 10.2. The van der Waals surface area contributed by atoms with E-state index in [1.807, 2.05) is 25.1 Å². The fourth-order valence-corrected chi connectivity index (χ4v) is 3.09. The second-order valence-corrected chi connectivity index (χ2v) is 6.40. The van der Waals surface area contributed by atoms with Crippen LogP contribution in [0.3, 0.4) is 0 Å². The number of aromatic nitrogens is 2. The molecule has 0 N–H and O–H groups in total. The number of pyridine rings is 2. The van der Waals surface area contributed by atoms with Crippen molar-refractivity contribution in [3.05, 3.63) is 47.3 Å². The standard InChI is InChI=1S/C20H23N5O2/c1-3-27-20(26)16-6-8-18(22-14-16)24-9-4-10-25(12-11-24)19-7-5-15(2)17(13-21)23-19/h5-8,14H,3-4,9-12H2,1-2H3. The number of carbonyl (C=O) groups excluding carboxylic acids is 1. The third-order valence-corrected chi connectivity index (χ3v) is 4.59. The van der Waals surface area contributed by atoms with Crippen molar-refractivity contribution < 1.29 is 9.53 Å². The molecule has 0 spiro atoms. The Hall–Kier alpha value is -3.14. The molecule has 0 bridgehead atoms. The highest BCUT2D eigenvalue weighted by molar-refractivity contribution is 5.89. The lowest BCUT2D eigenvalue weighted by Gasteiger charge is -2.23. The molecule has 0 aliphatic carbocycles. The van der Waals surface area contributed by atoms with E-state index in [0.717, 1.165) is 49.8 Å². The van der Waals surface area contributed by atoms with Crippen LogP contribution in [0.5, 0.6) is 0 Å². The molecule has 7 heteroatoms. The van der Waals surface area contributed by atoms with Gasteiger partial charge in [-0.05, 0) is 44.0 Å². The molecule has 1 aliphatic rings. The fourth-order valence-electron chi connectivity index (χ4n) is 3.09. The first-order chi connectivity index (χ1) is 13.1. The second kappa shape index (κ2) is 8.49. The number of nitrogens with zero attached hydrogens (tertiary/aromatic N) is 5. The van der Waals surface area contributed by atoms with Crippen LogP contribution in [-0.4, -0.2) is 48.7 Å². The highest BCUT2D eigenvalue weighted by Gasteiger charge is 2.18. The normalized spacial score (nSPS) is 14.4. The summed E-state index contributed by atoms with van der Waals surface area (Å²) in [6.07, 6.45) is 2.52. The van der Waals surface area contributed by atoms with Crippen molar-refractivity contribution >= 4 is 17.6 Å². The van der Waals surface area contributed by atoms with E-state index < -0.39 is 0 Å². The highest BCUT2D eigenvalue weighted by Crippen LogP contribution is 2.19. The zero-order chi connectivity index (χ0) is 19.2. The second-order valence-electron chi connectivity index (χ2n) is 6.40. The summed E-state index contributed by atoms with van der Waals surface area (Å²) in [4.78, 5) is 25.1. The van der Waals surface area contributed by atoms with E-state index in [0.29, 0.717) is 17.9 Å². The molecule has 3 heterocycles. The summed E-state index contributed by atoms with van der Waals surface area (Å²) in [6, 6.07) is 9.68. The van der Waals surface area contributed by atoms with Gasteiger partial charge in [-0.15, -0.1) is 0 Å². The van der Waals surface area contributed by atoms with Crippen LogP contribution in [0.4, 0.5) is 11.6 Å². The Morgan fingerprint density at radius 3 is 2.48 bits per heavy atom. The molecular weight excluding hydrogens is 342 g/mol. The fraction of sp³-hybridized carbons (Fsp3) is 0.400. The van der Waals surface area contributed by atoms with Crippen LogP contribution in [0, 0.1) is 18.3 Å². The Morgan fingerprint density at radius 2 is 1.85 bits per heavy atom. The van der Waals surface area contributed by atoms with E-state index in [-0.39, 0.29) is 5.97 Å². The topological polar surface area (TPSA) is 82.4 Å². The van der Waals surface area contributed by atoms with Crippen LogP contribution in [0.25, 0.3) is 0 Å².